The quantitative estimate of drug-likeness (QED) is 0.511. The lowest BCUT2D eigenvalue weighted by Gasteiger charge is -2.20. The number of aliphatic hydroxyl groups is 1. The van der Waals surface area contributed by atoms with Crippen LogP contribution in [0.2, 0.25) is 0 Å². The molecule has 12 heteroatoms. The second-order valence-electron chi connectivity index (χ2n) is 7.19. The van der Waals surface area contributed by atoms with Crippen molar-refractivity contribution in [1.82, 2.24) is 5.32 Å². The van der Waals surface area contributed by atoms with Crippen LogP contribution in [0.4, 0.5) is 23.2 Å². The van der Waals surface area contributed by atoms with Gasteiger partial charge in [0.2, 0.25) is 5.91 Å². The lowest BCUT2D eigenvalue weighted by atomic mass is 10.1. The molecule has 0 saturated carbocycles. The van der Waals surface area contributed by atoms with Gasteiger partial charge in [0.05, 0.1) is 11.3 Å². The number of hydrogen-bond donors (Lipinski definition) is 3. The third kappa shape index (κ3) is 6.19. The van der Waals surface area contributed by atoms with Gasteiger partial charge in [0, 0.05) is 13.0 Å². The normalized spacial score (nSPS) is 16.8. The van der Waals surface area contributed by atoms with Gasteiger partial charge in [0.1, 0.15) is 36.0 Å². The number of alkyl halides is 3. The lowest BCUT2D eigenvalue weighted by molar-refractivity contribution is -0.137. The van der Waals surface area contributed by atoms with Crippen LogP contribution in [0.25, 0.3) is 0 Å². The Morgan fingerprint density at radius 3 is 2.58 bits per heavy atom. The number of halogens is 4. The molecule has 33 heavy (non-hydrogen) atoms. The maximum absolute atomic E-state index is 13.2. The first-order chi connectivity index (χ1) is 15.5. The Bertz CT molecular complexity index is 1040. The van der Waals surface area contributed by atoms with E-state index in [1.807, 2.05) is 0 Å². The van der Waals surface area contributed by atoms with E-state index < -0.39 is 41.5 Å². The monoisotopic (exact) mass is 468 g/mol. The van der Waals surface area contributed by atoms with Crippen LogP contribution in [0.1, 0.15) is 12.0 Å². The van der Waals surface area contributed by atoms with Crippen LogP contribution in [0, 0.1) is 5.82 Å². The van der Waals surface area contributed by atoms with Crippen molar-refractivity contribution in [3.8, 4) is 5.75 Å². The van der Waals surface area contributed by atoms with Crippen LogP contribution < -0.4 is 20.8 Å². The standard InChI is InChI=1S/C21H20F4N4O4/c22-13-4-6-14(7-5-13)29-18(19(26)31)9-17(28-29)20(32)27-10-15(30)11-33-16-3-1-2-12(8-16)21(23,24)25/h1-8,15,18,30H,9-11H2,(H2,26,31)(H,27,32). The number of carbonyl (C=O) groups is 2. The number of nitrogens with zero attached hydrogens (tertiary/aromatic N) is 2. The van der Waals surface area contributed by atoms with Gasteiger partial charge in [-0.25, -0.2) is 4.39 Å². The van der Waals surface area contributed by atoms with Gasteiger partial charge in [-0.1, -0.05) is 6.07 Å². The van der Waals surface area contributed by atoms with E-state index in [1.165, 1.54) is 41.4 Å². The van der Waals surface area contributed by atoms with E-state index in [1.54, 1.807) is 0 Å². The van der Waals surface area contributed by atoms with E-state index >= 15 is 0 Å². The number of nitrogens with two attached hydrogens (primary N) is 1. The van der Waals surface area contributed by atoms with Crippen molar-refractivity contribution in [3.63, 3.8) is 0 Å². The Hall–Kier alpha value is -3.67. The van der Waals surface area contributed by atoms with E-state index in [0.29, 0.717) is 5.69 Å². The first-order valence-electron chi connectivity index (χ1n) is 9.72. The van der Waals surface area contributed by atoms with Crippen LogP contribution in [-0.2, 0) is 15.8 Å². The maximum Gasteiger partial charge on any atom is 0.416 e. The summed E-state index contributed by atoms with van der Waals surface area (Å²) in [6, 6.07) is 8.31. The summed E-state index contributed by atoms with van der Waals surface area (Å²) in [4.78, 5) is 24.2. The van der Waals surface area contributed by atoms with Gasteiger partial charge in [-0.2, -0.15) is 18.3 Å². The Morgan fingerprint density at radius 2 is 1.94 bits per heavy atom. The molecule has 4 N–H and O–H groups in total. The van der Waals surface area contributed by atoms with Crippen molar-refractivity contribution in [2.45, 2.75) is 24.7 Å². The van der Waals surface area contributed by atoms with Crippen molar-refractivity contribution < 1.29 is 37.0 Å². The molecule has 0 fully saturated rings. The van der Waals surface area contributed by atoms with Crippen molar-refractivity contribution >= 4 is 23.2 Å². The summed E-state index contributed by atoms with van der Waals surface area (Å²) in [6.45, 7) is -0.658. The largest absolute Gasteiger partial charge is 0.491 e. The smallest absolute Gasteiger partial charge is 0.416 e. The molecule has 3 rings (SSSR count). The van der Waals surface area contributed by atoms with Crippen LogP contribution >= 0.6 is 0 Å². The summed E-state index contributed by atoms with van der Waals surface area (Å²) in [5.74, 6) is -1.99. The minimum absolute atomic E-state index is 0.0332. The van der Waals surface area contributed by atoms with Gasteiger partial charge >= 0.3 is 6.18 Å². The molecule has 1 aliphatic rings. The van der Waals surface area contributed by atoms with E-state index in [9.17, 15) is 32.3 Å². The lowest BCUT2D eigenvalue weighted by Crippen LogP contribution is -2.41. The number of ether oxygens (including phenoxy) is 1. The molecule has 0 aromatic heterocycles. The van der Waals surface area contributed by atoms with Gasteiger partial charge in [0.15, 0.2) is 0 Å². The first-order valence-corrected chi connectivity index (χ1v) is 9.72. The Morgan fingerprint density at radius 1 is 1.24 bits per heavy atom. The number of amides is 2. The number of nitrogens with one attached hydrogen (secondary N) is 1. The van der Waals surface area contributed by atoms with E-state index in [0.717, 1.165) is 12.1 Å². The van der Waals surface area contributed by atoms with Crippen molar-refractivity contribution in [1.29, 1.82) is 0 Å². The van der Waals surface area contributed by atoms with Gasteiger partial charge in [-0.15, -0.1) is 0 Å². The van der Waals surface area contributed by atoms with Crippen molar-refractivity contribution in [2.75, 3.05) is 18.2 Å². The second-order valence-corrected chi connectivity index (χ2v) is 7.19. The Balaban J connectivity index is 1.56. The summed E-state index contributed by atoms with van der Waals surface area (Å²) >= 11 is 0. The Labute approximate surface area is 185 Å². The molecule has 0 saturated heterocycles. The second kappa shape index (κ2) is 9.86. The highest BCUT2D eigenvalue weighted by molar-refractivity contribution is 6.40. The summed E-state index contributed by atoms with van der Waals surface area (Å²) in [5.41, 5.74) is 4.82. The molecule has 0 spiro atoms. The third-order valence-electron chi connectivity index (χ3n) is 4.69. The molecule has 2 unspecified atom stereocenters. The highest BCUT2D eigenvalue weighted by Crippen LogP contribution is 2.31. The van der Waals surface area contributed by atoms with Gasteiger partial charge in [-0.05, 0) is 42.5 Å². The SMILES string of the molecule is NC(=O)C1CC(C(=O)NCC(O)COc2cccc(C(F)(F)F)c2)=NN1c1ccc(F)cc1. The summed E-state index contributed by atoms with van der Waals surface area (Å²) in [7, 11) is 0. The molecular weight excluding hydrogens is 448 g/mol. The van der Waals surface area contributed by atoms with Crippen LogP contribution in [-0.4, -0.2) is 47.9 Å². The average molecular weight is 468 g/mol. The van der Waals surface area contributed by atoms with Crippen LogP contribution in [0.3, 0.4) is 0 Å². The summed E-state index contributed by atoms with van der Waals surface area (Å²) in [5, 5.41) is 17.7. The minimum atomic E-state index is -4.53. The molecule has 0 aliphatic carbocycles. The highest BCUT2D eigenvalue weighted by Gasteiger charge is 2.35. The fraction of sp³-hybridized carbons (Fsp3) is 0.286. The fourth-order valence-electron chi connectivity index (χ4n) is 3.03. The fourth-order valence-corrected chi connectivity index (χ4v) is 3.03. The molecule has 176 valence electrons. The van der Waals surface area contributed by atoms with Crippen LogP contribution in [0.5, 0.6) is 5.75 Å². The van der Waals surface area contributed by atoms with Gasteiger partial charge in [-0.3, -0.25) is 14.6 Å². The zero-order valence-electron chi connectivity index (χ0n) is 17.1. The Kier molecular flexibility index (Phi) is 7.16. The number of hydrogen-bond acceptors (Lipinski definition) is 6. The molecule has 0 radical (unpaired) electrons. The number of hydrazone groups is 1. The molecule has 8 nitrogen and oxygen atoms in total. The van der Waals surface area contributed by atoms with Gasteiger partial charge in [0.25, 0.3) is 5.91 Å². The zero-order valence-corrected chi connectivity index (χ0v) is 17.1. The molecule has 2 atom stereocenters. The minimum Gasteiger partial charge on any atom is -0.491 e. The molecule has 2 aromatic rings. The number of aliphatic hydroxyl groups excluding tert-OH is 1. The number of rotatable bonds is 8. The van der Waals surface area contributed by atoms with Crippen molar-refractivity contribution in [2.24, 2.45) is 10.8 Å². The predicted octanol–water partition coefficient (Wildman–Crippen LogP) is 1.82. The number of anilines is 1. The third-order valence-corrected chi connectivity index (χ3v) is 4.69. The molecule has 0 bridgehead atoms. The van der Waals surface area contributed by atoms with Crippen LogP contribution in [0.15, 0.2) is 53.6 Å². The molecular formula is C21H20F4N4O4. The maximum atomic E-state index is 13.2. The molecule has 2 amide bonds. The topological polar surface area (TPSA) is 117 Å². The predicted molar refractivity (Wildman–Crippen MR) is 110 cm³/mol. The van der Waals surface area contributed by atoms with E-state index in [-0.39, 0.29) is 31.0 Å². The number of carbonyl (C=O) groups excluding carboxylic acids is 2. The number of benzene rings is 2. The van der Waals surface area contributed by atoms with Gasteiger partial charge < -0.3 is 20.9 Å². The highest BCUT2D eigenvalue weighted by atomic mass is 19.4. The van der Waals surface area contributed by atoms with Crippen molar-refractivity contribution in [3.05, 3.63) is 59.9 Å². The molecule has 2 aromatic carbocycles. The van der Waals surface area contributed by atoms with E-state index in [4.69, 9.17) is 10.5 Å². The summed E-state index contributed by atoms with van der Waals surface area (Å²) in [6.07, 6.45) is -5.86. The molecule has 1 heterocycles. The zero-order chi connectivity index (χ0) is 24.2. The van der Waals surface area contributed by atoms with E-state index in [2.05, 4.69) is 10.4 Å². The summed E-state index contributed by atoms with van der Waals surface area (Å²) < 4.78 is 56.6. The average Bonchev–Trinajstić information content (AvgIpc) is 3.22. The molecule has 1 aliphatic heterocycles. The first kappa shape index (κ1) is 24.0. The number of primary amides is 1.